The molecule has 0 N–H and O–H groups in total. The summed E-state index contributed by atoms with van der Waals surface area (Å²) in [6.45, 7) is 4.45. The molecule has 0 radical (unpaired) electrons. The molecular formula is C38H25ClN2. The molecule has 1 aromatic heterocycles. The molecule has 9 rings (SSSR count). The van der Waals surface area contributed by atoms with Crippen LogP contribution in [0.1, 0.15) is 47.4 Å². The summed E-state index contributed by atoms with van der Waals surface area (Å²) in [7, 11) is 0. The molecule has 0 bridgehead atoms. The van der Waals surface area contributed by atoms with Gasteiger partial charge in [0.25, 0.3) is 0 Å². The highest BCUT2D eigenvalue weighted by molar-refractivity contribution is 6.32. The number of hydrogen-bond acceptors (Lipinski definition) is 2. The molecule has 41 heavy (non-hydrogen) atoms. The van der Waals surface area contributed by atoms with Crippen molar-refractivity contribution in [3.8, 4) is 44.8 Å². The van der Waals surface area contributed by atoms with E-state index in [1.54, 1.807) is 0 Å². The van der Waals surface area contributed by atoms with Gasteiger partial charge < -0.3 is 0 Å². The van der Waals surface area contributed by atoms with Crippen LogP contribution in [-0.4, -0.2) is 9.97 Å². The van der Waals surface area contributed by atoms with E-state index in [0.29, 0.717) is 5.15 Å². The summed E-state index contributed by atoms with van der Waals surface area (Å²) < 4.78 is 0. The number of rotatable bonds is 1. The first-order valence-corrected chi connectivity index (χ1v) is 14.5. The average molecular weight is 545 g/mol. The Labute approximate surface area is 244 Å². The first kappa shape index (κ1) is 23.2. The minimum absolute atomic E-state index is 0.254. The molecule has 1 heterocycles. The zero-order chi connectivity index (χ0) is 27.5. The van der Waals surface area contributed by atoms with E-state index < -0.39 is 5.41 Å². The van der Waals surface area contributed by atoms with Crippen LogP contribution in [0.3, 0.4) is 0 Å². The Kier molecular flexibility index (Phi) is 4.42. The zero-order valence-electron chi connectivity index (χ0n) is 22.7. The summed E-state index contributed by atoms with van der Waals surface area (Å²) in [5.74, 6) is 0. The van der Waals surface area contributed by atoms with Crippen molar-refractivity contribution in [2.24, 2.45) is 0 Å². The maximum absolute atomic E-state index is 6.98. The van der Waals surface area contributed by atoms with E-state index in [1.165, 1.54) is 50.1 Å². The summed E-state index contributed by atoms with van der Waals surface area (Å²) in [5.41, 5.74) is 15.7. The molecular weight excluding hydrogens is 520 g/mol. The van der Waals surface area contributed by atoms with E-state index in [4.69, 9.17) is 21.6 Å². The van der Waals surface area contributed by atoms with Gasteiger partial charge in [0, 0.05) is 16.5 Å². The van der Waals surface area contributed by atoms with Crippen LogP contribution in [0.2, 0.25) is 5.15 Å². The van der Waals surface area contributed by atoms with Gasteiger partial charge in [-0.3, -0.25) is 0 Å². The molecule has 0 aliphatic heterocycles. The second-order valence-electron chi connectivity index (χ2n) is 11.9. The summed E-state index contributed by atoms with van der Waals surface area (Å²) >= 11 is 6.98. The van der Waals surface area contributed by atoms with Gasteiger partial charge in [0.1, 0.15) is 5.69 Å². The lowest BCUT2D eigenvalue weighted by Gasteiger charge is -2.30. The molecule has 194 valence electrons. The topological polar surface area (TPSA) is 25.8 Å². The van der Waals surface area contributed by atoms with Crippen molar-refractivity contribution >= 4 is 11.6 Å². The second-order valence-corrected chi connectivity index (χ2v) is 12.2. The minimum Gasteiger partial charge on any atom is -0.246 e. The third kappa shape index (κ3) is 2.74. The van der Waals surface area contributed by atoms with Crippen LogP contribution < -0.4 is 0 Å². The fraction of sp³-hybridized carbons (Fsp3) is 0.105. The predicted molar refractivity (Wildman–Crippen MR) is 166 cm³/mol. The van der Waals surface area contributed by atoms with E-state index in [2.05, 4.69) is 129 Å². The Balaban J connectivity index is 1.33. The Morgan fingerprint density at radius 1 is 0.488 bits per heavy atom. The van der Waals surface area contributed by atoms with Crippen LogP contribution in [0.15, 0.2) is 115 Å². The molecule has 0 amide bonds. The SMILES string of the molecule is CC1(C)c2ccccc2-c2nc(Cl)c(-c3ccc4c(c3)C3(c5ccccc5-c5ccccc53)c3ccccc3-4)nc21. The van der Waals surface area contributed by atoms with E-state index in [1.807, 2.05) is 0 Å². The molecule has 0 atom stereocenters. The van der Waals surface area contributed by atoms with Crippen molar-refractivity contribution in [1.29, 1.82) is 0 Å². The first-order valence-electron chi connectivity index (χ1n) is 14.1. The molecule has 5 aromatic carbocycles. The van der Waals surface area contributed by atoms with Gasteiger partial charge in [-0.1, -0.05) is 135 Å². The molecule has 3 heteroatoms. The van der Waals surface area contributed by atoms with Crippen molar-refractivity contribution < 1.29 is 0 Å². The molecule has 2 nitrogen and oxygen atoms in total. The monoisotopic (exact) mass is 544 g/mol. The Morgan fingerprint density at radius 3 is 1.56 bits per heavy atom. The number of halogens is 1. The van der Waals surface area contributed by atoms with Gasteiger partial charge in [0.15, 0.2) is 5.15 Å². The average Bonchev–Trinajstić information content (AvgIpc) is 3.56. The van der Waals surface area contributed by atoms with E-state index in [9.17, 15) is 0 Å². The lowest BCUT2D eigenvalue weighted by Crippen LogP contribution is -2.25. The van der Waals surface area contributed by atoms with Crippen LogP contribution in [-0.2, 0) is 10.8 Å². The Bertz CT molecular complexity index is 2040. The molecule has 3 aliphatic rings. The highest BCUT2D eigenvalue weighted by atomic mass is 35.5. The molecule has 6 aromatic rings. The highest BCUT2D eigenvalue weighted by Crippen LogP contribution is 2.63. The number of benzene rings is 5. The summed E-state index contributed by atoms with van der Waals surface area (Å²) in [6, 6.07) is 41.8. The van der Waals surface area contributed by atoms with Crippen LogP contribution in [0.4, 0.5) is 0 Å². The minimum atomic E-state index is -0.402. The lowest BCUT2D eigenvalue weighted by molar-refractivity contribution is 0.636. The van der Waals surface area contributed by atoms with Crippen molar-refractivity contribution in [2.75, 3.05) is 0 Å². The first-order chi connectivity index (χ1) is 20.0. The van der Waals surface area contributed by atoms with Gasteiger partial charge in [-0.2, -0.15) is 0 Å². The third-order valence-electron chi connectivity index (χ3n) is 9.57. The summed E-state index contributed by atoms with van der Waals surface area (Å²) in [4.78, 5) is 10.2. The van der Waals surface area contributed by atoms with Crippen molar-refractivity contribution in [3.05, 3.63) is 154 Å². The number of hydrogen-bond donors (Lipinski definition) is 0. The smallest absolute Gasteiger partial charge is 0.156 e. The van der Waals surface area contributed by atoms with E-state index >= 15 is 0 Å². The molecule has 3 aliphatic carbocycles. The standard InChI is InChI=1S/C38H25ClN2/c1-37(2)28-15-7-6-14-27(28)34-35(37)40-33(36(39)41-34)22-19-20-26-25-13-5-10-18-31(25)38(32(26)21-22)29-16-8-3-11-23(29)24-12-4-9-17-30(24)38/h3-21H,1-2H3. The molecule has 0 unspecified atom stereocenters. The van der Waals surface area contributed by atoms with Gasteiger partial charge in [-0.15, -0.1) is 0 Å². The summed E-state index contributed by atoms with van der Waals surface area (Å²) in [6.07, 6.45) is 0. The largest absolute Gasteiger partial charge is 0.246 e. The van der Waals surface area contributed by atoms with Crippen molar-refractivity contribution in [3.63, 3.8) is 0 Å². The third-order valence-corrected chi connectivity index (χ3v) is 9.83. The van der Waals surface area contributed by atoms with E-state index in [0.717, 1.165) is 28.2 Å². The lowest BCUT2D eigenvalue weighted by atomic mass is 9.70. The maximum Gasteiger partial charge on any atom is 0.156 e. The maximum atomic E-state index is 6.98. The molecule has 0 saturated heterocycles. The van der Waals surface area contributed by atoms with Gasteiger partial charge >= 0.3 is 0 Å². The normalized spacial score (nSPS) is 15.6. The van der Waals surface area contributed by atoms with E-state index in [-0.39, 0.29) is 5.41 Å². The van der Waals surface area contributed by atoms with Crippen molar-refractivity contribution in [1.82, 2.24) is 9.97 Å². The fourth-order valence-electron chi connectivity index (χ4n) is 7.83. The van der Waals surface area contributed by atoms with Crippen LogP contribution in [0, 0.1) is 0 Å². The Morgan fingerprint density at radius 2 is 0.976 bits per heavy atom. The summed E-state index contributed by atoms with van der Waals surface area (Å²) in [5, 5.41) is 0.438. The molecule has 0 saturated carbocycles. The highest BCUT2D eigenvalue weighted by Gasteiger charge is 2.51. The van der Waals surface area contributed by atoms with Crippen LogP contribution in [0.5, 0.6) is 0 Å². The van der Waals surface area contributed by atoms with Gasteiger partial charge in [-0.25, -0.2) is 9.97 Å². The van der Waals surface area contributed by atoms with Crippen molar-refractivity contribution in [2.45, 2.75) is 24.7 Å². The second kappa shape index (κ2) is 7.81. The van der Waals surface area contributed by atoms with Crippen LogP contribution in [0.25, 0.3) is 44.8 Å². The van der Waals surface area contributed by atoms with Gasteiger partial charge in [0.2, 0.25) is 0 Å². The number of aromatic nitrogens is 2. The predicted octanol–water partition coefficient (Wildman–Crippen LogP) is 9.45. The van der Waals surface area contributed by atoms with Gasteiger partial charge in [-0.05, 0) is 56.1 Å². The van der Waals surface area contributed by atoms with Gasteiger partial charge in [0.05, 0.1) is 16.8 Å². The van der Waals surface area contributed by atoms with Crippen LogP contribution >= 0.6 is 11.6 Å². The number of nitrogens with zero attached hydrogens (tertiary/aromatic N) is 2. The Hall–Kier alpha value is -4.53. The zero-order valence-corrected chi connectivity index (χ0v) is 23.5. The fourth-order valence-corrected chi connectivity index (χ4v) is 8.06. The number of fused-ring (bicyclic) bond motifs is 13. The molecule has 1 spiro atoms. The quantitative estimate of drug-likeness (QED) is 0.206. The molecule has 0 fully saturated rings.